The average molecular weight is 220 g/mol. The van der Waals surface area contributed by atoms with Crippen molar-refractivity contribution in [2.45, 2.75) is 25.2 Å². The Kier molecular flexibility index (Phi) is 2.57. The first-order valence-electron chi connectivity index (χ1n) is 5.16. The molecule has 2 aromatic rings. The zero-order valence-electron chi connectivity index (χ0n) is 9.36. The molecule has 0 saturated heterocycles. The van der Waals surface area contributed by atoms with Gasteiger partial charge in [0, 0.05) is 0 Å². The lowest BCUT2D eigenvalue weighted by molar-refractivity contribution is 0.462. The second-order valence-electron chi connectivity index (χ2n) is 4.83. The van der Waals surface area contributed by atoms with E-state index in [1.807, 2.05) is 24.3 Å². The molecular weight excluding hydrogens is 204 g/mol. The summed E-state index contributed by atoms with van der Waals surface area (Å²) in [6.07, 6.45) is 3.46. The Hall–Kier alpha value is -1.22. The lowest BCUT2D eigenvalue weighted by Crippen LogP contribution is -2.31. The molecule has 2 heterocycles. The minimum Gasteiger partial charge on any atom is -0.469 e. The van der Waals surface area contributed by atoms with Gasteiger partial charge in [-0.15, -0.1) is 0 Å². The standard InChI is InChI=1S/C12H16O2Si/c1-15(2,3)12(10-6-4-8-13-10)11-7-5-9-14-11/h4-9,12H,1-3H3. The molecule has 0 amide bonds. The third-order valence-electron chi connectivity index (χ3n) is 2.52. The summed E-state index contributed by atoms with van der Waals surface area (Å²) in [5.41, 5.74) is 0.308. The van der Waals surface area contributed by atoms with Gasteiger partial charge >= 0.3 is 0 Å². The van der Waals surface area contributed by atoms with Crippen LogP contribution in [0.15, 0.2) is 45.6 Å². The Balaban J connectivity index is 2.42. The summed E-state index contributed by atoms with van der Waals surface area (Å²) < 4.78 is 11.0. The molecule has 2 rings (SSSR count). The van der Waals surface area contributed by atoms with Gasteiger partial charge in [-0.1, -0.05) is 19.6 Å². The summed E-state index contributed by atoms with van der Waals surface area (Å²) in [4.78, 5) is 0. The van der Waals surface area contributed by atoms with Crippen molar-refractivity contribution in [1.82, 2.24) is 0 Å². The highest BCUT2D eigenvalue weighted by Gasteiger charge is 2.33. The van der Waals surface area contributed by atoms with Crippen molar-refractivity contribution >= 4 is 8.07 Å². The summed E-state index contributed by atoms with van der Waals surface area (Å²) in [6, 6.07) is 7.94. The van der Waals surface area contributed by atoms with Gasteiger partial charge in [0.1, 0.15) is 11.5 Å². The summed E-state index contributed by atoms with van der Waals surface area (Å²) >= 11 is 0. The molecule has 80 valence electrons. The van der Waals surface area contributed by atoms with Crippen LogP contribution in [0, 0.1) is 0 Å². The van der Waals surface area contributed by atoms with Crippen LogP contribution in [0.4, 0.5) is 0 Å². The molecule has 3 heteroatoms. The Bertz CT molecular complexity index is 361. The van der Waals surface area contributed by atoms with Crippen LogP contribution in [-0.2, 0) is 0 Å². The van der Waals surface area contributed by atoms with Gasteiger partial charge < -0.3 is 8.83 Å². The van der Waals surface area contributed by atoms with Crippen molar-refractivity contribution in [3.63, 3.8) is 0 Å². The minimum atomic E-state index is -1.38. The van der Waals surface area contributed by atoms with E-state index in [9.17, 15) is 0 Å². The van der Waals surface area contributed by atoms with Crippen molar-refractivity contribution in [2.24, 2.45) is 0 Å². The minimum absolute atomic E-state index is 0.308. The molecule has 0 fully saturated rings. The molecule has 2 nitrogen and oxygen atoms in total. The maximum absolute atomic E-state index is 5.52. The Morgan fingerprint density at radius 1 is 0.933 bits per heavy atom. The van der Waals surface area contributed by atoms with E-state index in [1.54, 1.807) is 12.5 Å². The zero-order chi connectivity index (χ0) is 10.9. The van der Waals surface area contributed by atoms with E-state index in [4.69, 9.17) is 8.83 Å². The van der Waals surface area contributed by atoms with E-state index in [0.29, 0.717) is 5.54 Å². The highest BCUT2D eigenvalue weighted by Crippen LogP contribution is 2.34. The van der Waals surface area contributed by atoms with E-state index in [0.717, 1.165) is 11.5 Å². The molecule has 0 aliphatic rings. The van der Waals surface area contributed by atoms with Crippen LogP contribution in [-0.4, -0.2) is 8.07 Å². The largest absolute Gasteiger partial charge is 0.469 e. The fourth-order valence-corrected chi connectivity index (χ4v) is 3.94. The van der Waals surface area contributed by atoms with E-state index < -0.39 is 8.07 Å². The lowest BCUT2D eigenvalue weighted by atomic mass is 10.2. The van der Waals surface area contributed by atoms with E-state index in [-0.39, 0.29) is 0 Å². The SMILES string of the molecule is C[Si](C)(C)C(c1ccco1)c1ccco1. The van der Waals surface area contributed by atoms with Crippen LogP contribution in [0.2, 0.25) is 19.6 Å². The van der Waals surface area contributed by atoms with Crippen molar-refractivity contribution in [3.05, 3.63) is 48.3 Å². The number of hydrogen-bond acceptors (Lipinski definition) is 2. The molecule has 0 aromatic carbocycles. The maximum atomic E-state index is 5.52. The van der Waals surface area contributed by atoms with Crippen LogP contribution < -0.4 is 0 Å². The first-order chi connectivity index (χ1) is 7.09. The van der Waals surface area contributed by atoms with Crippen molar-refractivity contribution in [3.8, 4) is 0 Å². The van der Waals surface area contributed by atoms with E-state index in [1.165, 1.54) is 0 Å². The second kappa shape index (κ2) is 3.74. The van der Waals surface area contributed by atoms with Gasteiger partial charge in [-0.05, 0) is 24.3 Å². The predicted molar refractivity (Wildman–Crippen MR) is 62.6 cm³/mol. The van der Waals surface area contributed by atoms with Gasteiger partial charge in [0.15, 0.2) is 0 Å². The van der Waals surface area contributed by atoms with Crippen LogP contribution in [0.1, 0.15) is 17.1 Å². The number of hydrogen-bond donors (Lipinski definition) is 0. The highest BCUT2D eigenvalue weighted by molar-refractivity contribution is 6.78. The predicted octanol–water partition coefficient (Wildman–Crippen LogP) is 3.88. The van der Waals surface area contributed by atoms with Gasteiger partial charge in [0.2, 0.25) is 0 Å². The topological polar surface area (TPSA) is 26.3 Å². The van der Waals surface area contributed by atoms with Gasteiger partial charge in [-0.2, -0.15) is 0 Å². The summed E-state index contributed by atoms with van der Waals surface area (Å²) in [5, 5.41) is 0. The normalized spacial score (nSPS) is 12.3. The Labute approximate surface area is 90.9 Å². The summed E-state index contributed by atoms with van der Waals surface area (Å²) in [7, 11) is -1.38. The third kappa shape index (κ3) is 2.07. The third-order valence-corrected chi connectivity index (χ3v) is 4.82. The number of rotatable bonds is 3. The molecule has 0 N–H and O–H groups in total. The van der Waals surface area contributed by atoms with Crippen LogP contribution >= 0.6 is 0 Å². The zero-order valence-corrected chi connectivity index (χ0v) is 10.4. The molecule has 0 aliphatic carbocycles. The molecule has 0 bridgehead atoms. The Morgan fingerprint density at radius 3 is 1.67 bits per heavy atom. The van der Waals surface area contributed by atoms with Crippen molar-refractivity contribution < 1.29 is 8.83 Å². The molecule has 0 unspecified atom stereocenters. The van der Waals surface area contributed by atoms with Gasteiger partial charge in [-0.25, -0.2) is 0 Å². The van der Waals surface area contributed by atoms with Gasteiger partial charge in [-0.3, -0.25) is 0 Å². The van der Waals surface area contributed by atoms with Crippen molar-refractivity contribution in [2.75, 3.05) is 0 Å². The van der Waals surface area contributed by atoms with Crippen LogP contribution in [0.3, 0.4) is 0 Å². The molecular formula is C12H16O2Si. The average Bonchev–Trinajstić information content (AvgIpc) is 2.73. The summed E-state index contributed by atoms with van der Waals surface area (Å²) in [5.74, 6) is 2.04. The molecule has 15 heavy (non-hydrogen) atoms. The summed E-state index contributed by atoms with van der Waals surface area (Å²) in [6.45, 7) is 6.97. The molecule has 2 aromatic heterocycles. The van der Waals surface area contributed by atoms with Gasteiger partial charge in [0.25, 0.3) is 0 Å². The highest BCUT2D eigenvalue weighted by atomic mass is 28.3. The first-order valence-corrected chi connectivity index (χ1v) is 8.73. The molecule has 0 spiro atoms. The fourth-order valence-electron chi connectivity index (χ4n) is 1.90. The number of furan rings is 2. The van der Waals surface area contributed by atoms with Gasteiger partial charge in [0.05, 0.1) is 26.1 Å². The fraction of sp³-hybridized carbons (Fsp3) is 0.333. The van der Waals surface area contributed by atoms with E-state index >= 15 is 0 Å². The molecule has 0 atom stereocenters. The molecule has 0 radical (unpaired) electrons. The van der Waals surface area contributed by atoms with Crippen molar-refractivity contribution in [1.29, 1.82) is 0 Å². The quantitative estimate of drug-likeness (QED) is 0.734. The lowest BCUT2D eigenvalue weighted by Gasteiger charge is -2.25. The smallest absolute Gasteiger partial charge is 0.111 e. The molecule has 0 saturated carbocycles. The monoisotopic (exact) mass is 220 g/mol. The second-order valence-corrected chi connectivity index (χ2v) is 10.1. The van der Waals surface area contributed by atoms with E-state index in [2.05, 4.69) is 19.6 Å². The van der Waals surface area contributed by atoms with Crippen LogP contribution in [0.5, 0.6) is 0 Å². The van der Waals surface area contributed by atoms with Crippen LogP contribution in [0.25, 0.3) is 0 Å². The maximum Gasteiger partial charge on any atom is 0.111 e. The molecule has 0 aliphatic heterocycles. The first kappa shape index (κ1) is 10.3. The Morgan fingerprint density at radius 2 is 1.40 bits per heavy atom.